The molecule has 0 saturated carbocycles. The minimum absolute atomic E-state index is 0.194. The predicted molar refractivity (Wildman–Crippen MR) is 104 cm³/mol. The lowest BCUT2D eigenvalue weighted by Gasteiger charge is -2.11. The van der Waals surface area contributed by atoms with Gasteiger partial charge in [-0.2, -0.15) is 0 Å². The summed E-state index contributed by atoms with van der Waals surface area (Å²) in [7, 11) is 0. The third-order valence-electron chi connectivity index (χ3n) is 3.25. The second-order valence-electron chi connectivity index (χ2n) is 4.91. The first-order valence-corrected chi connectivity index (χ1v) is 8.91. The van der Waals surface area contributed by atoms with Gasteiger partial charge < -0.3 is 10.1 Å². The molecule has 0 atom stereocenters. The zero-order chi connectivity index (χ0) is 17.1. The number of benzene rings is 2. The van der Waals surface area contributed by atoms with Crippen LogP contribution in [-0.2, 0) is 11.4 Å². The maximum Gasteiger partial charge on any atom is 0.263 e. The van der Waals surface area contributed by atoms with Crippen LogP contribution < -0.4 is 10.1 Å². The summed E-state index contributed by atoms with van der Waals surface area (Å²) < 4.78 is 6.33. The number of hydrogen-bond donors (Lipinski definition) is 1. The maximum absolute atomic E-state index is 11.8. The van der Waals surface area contributed by atoms with Crippen molar-refractivity contribution in [1.82, 2.24) is 5.32 Å². The van der Waals surface area contributed by atoms with Gasteiger partial charge in [-0.1, -0.05) is 71.4 Å². The normalized spacial score (nSPS) is 15.7. The number of para-hydroxylation sites is 1. The van der Waals surface area contributed by atoms with Crippen LogP contribution >= 0.6 is 47.2 Å². The van der Waals surface area contributed by atoms with Gasteiger partial charge in [0.05, 0.1) is 4.91 Å². The van der Waals surface area contributed by atoms with Crippen molar-refractivity contribution in [2.45, 2.75) is 6.61 Å². The monoisotopic (exact) mass is 395 g/mol. The Morgan fingerprint density at radius 3 is 2.71 bits per heavy atom. The number of rotatable bonds is 4. The van der Waals surface area contributed by atoms with Crippen LogP contribution in [-0.4, -0.2) is 10.2 Å². The largest absolute Gasteiger partial charge is 0.488 e. The summed E-state index contributed by atoms with van der Waals surface area (Å²) in [4.78, 5) is 12.3. The van der Waals surface area contributed by atoms with Crippen LogP contribution in [0.3, 0.4) is 0 Å². The molecule has 0 unspecified atom stereocenters. The zero-order valence-corrected chi connectivity index (χ0v) is 15.4. The molecule has 3 nitrogen and oxygen atoms in total. The second kappa shape index (κ2) is 7.57. The third kappa shape index (κ3) is 4.11. The van der Waals surface area contributed by atoms with E-state index in [0.29, 0.717) is 31.6 Å². The van der Waals surface area contributed by atoms with Gasteiger partial charge in [0.1, 0.15) is 16.7 Å². The lowest BCUT2D eigenvalue weighted by molar-refractivity contribution is -0.115. The Hall–Kier alpha value is -1.53. The summed E-state index contributed by atoms with van der Waals surface area (Å²) in [6.07, 6.45) is 1.76. The van der Waals surface area contributed by atoms with E-state index in [1.54, 1.807) is 18.2 Å². The first-order valence-electron chi connectivity index (χ1n) is 6.93. The number of hydrogen-bond acceptors (Lipinski definition) is 4. The van der Waals surface area contributed by atoms with E-state index < -0.39 is 0 Å². The summed E-state index contributed by atoms with van der Waals surface area (Å²) in [5, 5.41) is 3.72. The van der Waals surface area contributed by atoms with Crippen molar-refractivity contribution in [1.29, 1.82) is 0 Å². The van der Waals surface area contributed by atoms with Crippen molar-refractivity contribution in [3.05, 3.63) is 68.5 Å². The standard InChI is InChI=1S/C17H11Cl2NO2S2/c18-12-6-5-11(13(19)8-12)9-22-14-4-2-1-3-10(14)7-15-16(21)20-17(23)24-15/h1-8H,9H2,(H,20,21,23). The van der Waals surface area contributed by atoms with Gasteiger partial charge in [-0.05, 0) is 24.3 Å². The zero-order valence-electron chi connectivity index (χ0n) is 12.2. The number of carbonyl (C=O) groups excluding carboxylic acids is 1. The minimum atomic E-state index is -0.194. The number of thioether (sulfide) groups is 1. The van der Waals surface area contributed by atoms with Gasteiger partial charge in [-0.15, -0.1) is 0 Å². The highest BCUT2D eigenvalue weighted by molar-refractivity contribution is 8.26. The molecular weight excluding hydrogens is 385 g/mol. The van der Waals surface area contributed by atoms with Crippen LogP contribution in [0.25, 0.3) is 6.08 Å². The Kier molecular flexibility index (Phi) is 5.46. The summed E-state index contributed by atoms with van der Waals surface area (Å²) in [6, 6.07) is 12.7. The lowest BCUT2D eigenvalue weighted by atomic mass is 10.2. The molecule has 122 valence electrons. The Morgan fingerprint density at radius 2 is 2.00 bits per heavy atom. The van der Waals surface area contributed by atoms with Crippen molar-refractivity contribution >= 4 is 63.5 Å². The third-order valence-corrected chi connectivity index (χ3v) is 5.00. The SMILES string of the molecule is O=C1NC(=S)SC1=Cc1ccccc1OCc1ccc(Cl)cc1Cl. The fourth-order valence-electron chi connectivity index (χ4n) is 2.09. The average molecular weight is 396 g/mol. The van der Waals surface area contributed by atoms with Crippen LogP contribution in [0.15, 0.2) is 47.4 Å². The Balaban J connectivity index is 1.81. The van der Waals surface area contributed by atoms with Gasteiger partial charge in [-0.3, -0.25) is 4.79 Å². The topological polar surface area (TPSA) is 38.3 Å². The number of amides is 1. The van der Waals surface area contributed by atoms with E-state index in [9.17, 15) is 4.79 Å². The second-order valence-corrected chi connectivity index (χ2v) is 7.48. The molecular formula is C17H11Cl2NO2S2. The summed E-state index contributed by atoms with van der Waals surface area (Å²) >= 11 is 18.3. The molecule has 1 saturated heterocycles. The van der Waals surface area contributed by atoms with E-state index in [4.69, 9.17) is 40.2 Å². The Bertz CT molecular complexity index is 852. The number of nitrogens with one attached hydrogen (secondary N) is 1. The van der Waals surface area contributed by atoms with Crippen molar-refractivity contribution in [2.75, 3.05) is 0 Å². The maximum atomic E-state index is 11.8. The van der Waals surface area contributed by atoms with Crippen molar-refractivity contribution in [3.8, 4) is 5.75 Å². The van der Waals surface area contributed by atoms with Crippen LogP contribution in [0.1, 0.15) is 11.1 Å². The van der Waals surface area contributed by atoms with Gasteiger partial charge in [0.15, 0.2) is 0 Å². The van der Waals surface area contributed by atoms with Crippen molar-refractivity contribution in [2.24, 2.45) is 0 Å². The van der Waals surface area contributed by atoms with E-state index in [1.807, 2.05) is 30.3 Å². The first-order chi connectivity index (χ1) is 11.5. The van der Waals surface area contributed by atoms with Gasteiger partial charge in [0.2, 0.25) is 0 Å². The molecule has 3 rings (SSSR count). The van der Waals surface area contributed by atoms with Crippen LogP contribution in [0.4, 0.5) is 0 Å². The number of halogens is 2. The van der Waals surface area contributed by atoms with Gasteiger partial charge >= 0.3 is 0 Å². The highest BCUT2D eigenvalue weighted by atomic mass is 35.5. The van der Waals surface area contributed by atoms with Gasteiger partial charge in [0, 0.05) is 21.2 Å². The first kappa shape index (κ1) is 17.3. The number of carbonyl (C=O) groups is 1. The fourth-order valence-corrected chi connectivity index (χ4v) is 3.59. The van der Waals surface area contributed by atoms with E-state index >= 15 is 0 Å². The molecule has 1 fully saturated rings. The Morgan fingerprint density at radius 1 is 1.21 bits per heavy atom. The van der Waals surface area contributed by atoms with E-state index in [1.165, 1.54) is 11.8 Å². The molecule has 1 aliphatic rings. The molecule has 1 N–H and O–H groups in total. The quantitative estimate of drug-likeness (QED) is 0.579. The summed E-state index contributed by atoms with van der Waals surface area (Å²) in [5.41, 5.74) is 1.63. The molecule has 0 radical (unpaired) electrons. The van der Waals surface area contributed by atoms with Gasteiger partial charge in [0.25, 0.3) is 5.91 Å². The number of ether oxygens (including phenoxy) is 1. The molecule has 0 aliphatic carbocycles. The molecule has 1 amide bonds. The summed E-state index contributed by atoms with van der Waals surface area (Å²) in [5.74, 6) is 0.461. The van der Waals surface area contributed by atoms with Crippen molar-refractivity contribution in [3.63, 3.8) is 0 Å². The molecule has 0 bridgehead atoms. The average Bonchev–Trinajstić information content (AvgIpc) is 2.85. The highest BCUT2D eigenvalue weighted by Crippen LogP contribution is 2.30. The van der Waals surface area contributed by atoms with E-state index in [0.717, 1.165) is 11.1 Å². The molecule has 0 aromatic heterocycles. The molecule has 0 spiro atoms. The summed E-state index contributed by atoms with van der Waals surface area (Å²) in [6.45, 7) is 0.300. The molecule has 2 aromatic rings. The van der Waals surface area contributed by atoms with Crippen LogP contribution in [0, 0.1) is 0 Å². The highest BCUT2D eigenvalue weighted by Gasteiger charge is 2.22. The minimum Gasteiger partial charge on any atom is -0.488 e. The lowest BCUT2D eigenvalue weighted by Crippen LogP contribution is -2.17. The molecule has 24 heavy (non-hydrogen) atoms. The molecule has 1 aliphatic heterocycles. The molecule has 7 heteroatoms. The van der Waals surface area contributed by atoms with E-state index in [2.05, 4.69) is 5.32 Å². The fraction of sp³-hybridized carbons (Fsp3) is 0.0588. The van der Waals surface area contributed by atoms with E-state index in [-0.39, 0.29) is 5.91 Å². The van der Waals surface area contributed by atoms with Crippen LogP contribution in [0.5, 0.6) is 5.75 Å². The van der Waals surface area contributed by atoms with Crippen LogP contribution in [0.2, 0.25) is 10.0 Å². The smallest absolute Gasteiger partial charge is 0.263 e. The Labute approximate surface area is 159 Å². The molecule has 1 heterocycles. The van der Waals surface area contributed by atoms with Gasteiger partial charge in [-0.25, -0.2) is 0 Å². The predicted octanol–water partition coefficient (Wildman–Crippen LogP) is 5.06. The van der Waals surface area contributed by atoms with Crippen molar-refractivity contribution < 1.29 is 9.53 Å². The molecule has 2 aromatic carbocycles. The number of thiocarbonyl (C=S) groups is 1.